The van der Waals surface area contributed by atoms with Crippen molar-refractivity contribution in [2.75, 3.05) is 19.6 Å². The highest BCUT2D eigenvalue weighted by atomic mass is 35.5. The molecule has 1 aliphatic rings. The Bertz CT molecular complexity index is 769. The van der Waals surface area contributed by atoms with Gasteiger partial charge in [-0.1, -0.05) is 48.4 Å². The van der Waals surface area contributed by atoms with E-state index in [1.807, 2.05) is 6.92 Å². The topological polar surface area (TPSA) is 50.2 Å². The number of nitrogens with zero attached hydrogens (tertiary/aromatic N) is 3. The van der Waals surface area contributed by atoms with E-state index in [9.17, 15) is 4.79 Å². The molecule has 1 N–H and O–H groups in total. The zero-order valence-corrected chi connectivity index (χ0v) is 16.5. The maximum atomic E-state index is 12.7. The lowest BCUT2D eigenvalue weighted by Crippen LogP contribution is -2.40. The smallest absolute Gasteiger partial charge is 0.256 e. The minimum Gasteiger partial charge on any atom is -0.350 e. The molecule has 0 aliphatic carbocycles. The Hall–Kier alpha value is -1.85. The number of likely N-dealkylation sites (N-methyl/N-ethyl adjacent to an activating group) is 1. The van der Waals surface area contributed by atoms with Crippen molar-refractivity contribution in [3.8, 4) is 0 Å². The molecule has 2 aromatic rings. The first-order valence-electron chi connectivity index (χ1n) is 9.30. The minimum absolute atomic E-state index is 0.134. The number of halogens is 1. The normalized spacial score (nSPS) is 17.6. The van der Waals surface area contributed by atoms with Gasteiger partial charge in [0.15, 0.2) is 0 Å². The van der Waals surface area contributed by atoms with Gasteiger partial charge in [0.1, 0.15) is 5.15 Å². The fraction of sp³-hybridized carbons (Fsp3) is 0.500. The molecular weight excluding hydrogens is 348 g/mol. The maximum absolute atomic E-state index is 12.7. The summed E-state index contributed by atoms with van der Waals surface area (Å²) in [6.07, 6.45) is 2.33. The van der Waals surface area contributed by atoms with E-state index in [0.29, 0.717) is 35.5 Å². The highest BCUT2D eigenvalue weighted by Crippen LogP contribution is 2.22. The van der Waals surface area contributed by atoms with Gasteiger partial charge in [-0.15, -0.1) is 0 Å². The quantitative estimate of drug-likeness (QED) is 0.842. The Morgan fingerprint density at radius 1 is 1.31 bits per heavy atom. The van der Waals surface area contributed by atoms with Crippen LogP contribution in [0.3, 0.4) is 0 Å². The molecule has 1 fully saturated rings. The lowest BCUT2D eigenvalue weighted by molar-refractivity contribution is 0.0941. The first-order chi connectivity index (χ1) is 12.5. The van der Waals surface area contributed by atoms with E-state index in [2.05, 4.69) is 53.4 Å². The molecule has 26 heavy (non-hydrogen) atoms. The lowest BCUT2D eigenvalue weighted by Gasteiger charge is -2.22. The van der Waals surface area contributed by atoms with Gasteiger partial charge in [-0.25, -0.2) is 4.68 Å². The van der Waals surface area contributed by atoms with Gasteiger partial charge in [0.2, 0.25) is 0 Å². The van der Waals surface area contributed by atoms with Crippen LogP contribution in [0.15, 0.2) is 24.3 Å². The van der Waals surface area contributed by atoms with Crippen molar-refractivity contribution in [3.63, 3.8) is 0 Å². The number of hydrogen-bond donors (Lipinski definition) is 1. The number of likely N-dealkylation sites (tertiary alicyclic amines) is 1. The van der Waals surface area contributed by atoms with Crippen LogP contribution in [0, 0.1) is 13.8 Å². The van der Waals surface area contributed by atoms with Gasteiger partial charge in [-0.2, -0.15) is 5.10 Å². The Balaban J connectivity index is 1.68. The van der Waals surface area contributed by atoms with Crippen molar-refractivity contribution in [1.82, 2.24) is 20.0 Å². The summed E-state index contributed by atoms with van der Waals surface area (Å²) in [4.78, 5) is 15.1. The second-order valence-electron chi connectivity index (χ2n) is 7.03. The molecule has 6 heteroatoms. The van der Waals surface area contributed by atoms with Crippen LogP contribution in [0.1, 0.15) is 46.9 Å². The van der Waals surface area contributed by atoms with E-state index in [1.54, 1.807) is 4.68 Å². The van der Waals surface area contributed by atoms with E-state index in [1.165, 1.54) is 12.0 Å². The molecule has 140 valence electrons. The number of benzene rings is 1. The molecule has 1 aromatic carbocycles. The third-order valence-electron chi connectivity index (χ3n) is 5.15. The Kier molecular flexibility index (Phi) is 5.99. The first-order valence-corrected chi connectivity index (χ1v) is 9.68. The molecular formula is C20H27ClN4O. The van der Waals surface area contributed by atoms with E-state index in [0.717, 1.165) is 25.1 Å². The Morgan fingerprint density at radius 3 is 2.73 bits per heavy atom. The monoisotopic (exact) mass is 374 g/mol. The molecule has 3 rings (SSSR count). The molecule has 1 aromatic heterocycles. The van der Waals surface area contributed by atoms with Gasteiger partial charge in [0.25, 0.3) is 5.91 Å². The van der Waals surface area contributed by atoms with E-state index >= 15 is 0 Å². The van der Waals surface area contributed by atoms with Gasteiger partial charge in [-0.05, 0) is 45.3 Å². The van der Waals surface area contributed by atoms with Gasteiger partial charge >= 0.3 is 0 Å². The fourth-order valence-electron chi connectivity index (χ4n) is 3.62. The number of carbonyl (C=O) groups excluding carboxylic acids is 1. The number of hydrogen-bond acceptors (Lipinski definition) is 3. The second-order valence-corrected chi connectivity index (χ2v) is 7.39. The number of carbonyl (C=O) groups is 1. The second kappa shape index (κ2) is 8.23. The maximum Gasteiger partial charge on any atom is 0.256 e. The first kappa shape index (κ1) is 18.9. The number of rotatable bonds is 6. The number of aromatic nitrogens is 2. The molecule has 2 heterocycles. The molecule has 1 amide bonds. The lowest BCUT2D eigenvalue weighted by atomic mass is 10.1. The largest absolute Gasteiger partial charge is 0.350 e. The molecule has 0 saturated carbocycles. The summed E-state index contributed by atoms with van der Waals surface area (Å²) in [5.41, 5.74) is 3.47. The molecule has 0 spiro atoms. The summed E-state index contributed by atoms with van der Waals surface area (Å²) in [6, 6.07) is 8.66. The average Bonchev–Trinajstić information content (AvgIpc) is 3.19. The molecule has 0 bridgehead atoms. The van der Waals surface area contributed by atoms with E-state index < -0.39 is 0 Å². The SMILES string of the molecule is CCN1CCCC1CNC(=O)c1c(C)nn(Cc2ccc(C)cc2)c1Cl. The average molecular weight is 375 g/mol. The summed E-state index contributed by atoms with van der Waals surface area (Å²) in [6.45, 7) is 9.41. The summed E-state index contributed by atoms with van der Waals surface area (Å²) < 4.78 is 1.70. The van der Waals surface area contributed by atoms with Crippen molar-refractivity contribution in [2.24, 2.45) is 0 Å². The predicted molar refractivity (Wildman–Crippen MR) is 105 cm³/mol. The summed E-state index contributed by atoms with van der Waals surface area (Å²) in [5.74, 6) is -0.134. The van der Waals surface area contributed by atoms with Crippen LogP contribution in [-0.2, 0) is 6.54 Å². The molecule has 1 aliphatic heterocycles. The van der Waals surface area contributed by atoms with Crippen molar-refractivity contribution in [3.05, 3.63) is 51.8 Å². The minimum atomic E-state index is -0.134. The number of nitrogens with one attached hydrogen (secondary N) is 1. The third-order valence-corrected chi connectivity index (χ3v) is 5.53. The summed E-state index contributed by atoms with van der Waals surface area (Å²) >= 11 is 6.49. The zero-order chi connectivity index (χ0) is 18.7. The van der Waals surface area contributed by atoms with Crippen molar-refractivity contribution in [2.45, 2.75) is 46.2 Å². The van der Waals surface area contributed by atoms with Crippen LogP contribution in [0.4, 0.5) is 0 Å². The molecule has 1 unspecified atom stereocenters. The molecule has 5 nitrogen and oxygen atoms in total. The third kappa shape index (κ3) is 4.10. The van der Waals surface area contributed by atoms with Gasteiger partial charge in [0.05, 0.1) is 17.8 Å². The van der Waals surface area contributed by atoms with Gasteiger partial charge < -0.3 is 5.32 Å². The molecule has 1 atom stereocenters. The number of aryl methyl sites for hydroxylation is 2. The summed E-state index contributed by atoms with van der Waals surface area (Å²) in [7, 11) is 0. The molecule has 1 saturated heterocycles. The van der Waals surface area contributed by atoms with Crippen LogP contribution in [-0.4, -0.2) is 46.3 Å². The zero-order valence-electron chi connectivity index (χ0n) is 15.8. The highest BCUT2D eigenvalue weighted by Gasteiger charge is 2.25. The van der Waals surface area contributed by atoms with Crippen LogP contribution < -0.4 is 5.32 Å². The van der Waals surface area contributed by atoms with Crippen molar-refractivity contribution in [1.29, 1.82) is 0 Å². The fourth-order valence-corrected chi connectivity index (χ4v) is 3.94. The number of amides is 1. The van der Waals surface area contributed by atoms with Gasteiger partial charge in [-0.3, -0.25) is 9.69 Å². The molecule has 0 radical (unpaired) electrons. The predicted octanol–water partition coefficient (Wildman–Crippen LogP) is 3.42. The van der Waals surface area contributed by atoms with Crippen molar-refractivity contribution < 1.29 is 4.79 Å². The van der Waals surface area contributed by atoms with Crippen LogP contribution >= 0.6 is 11.6 Å². The Labute approximate surface area is 160 Å². The van der Waals surface area contributed by atoms with Crippen LogP contribution in [0.5, 0.6) is 0 Å². The standard InChI is InChI=1S/C20H27ClN4O/c1-4-24-11-5-6-17(24)12-22-20(26)18-15(3)23-25(19(18)21)13-16-9-7-14(2)8-10-16/h7-10,17H,4-6,11-13H2,1-3H3,(H,22,26). The summed E-state index contributed by atoms with van der Waals surface area (Å²) in [5, 5.41) is 7.93. The Morgan fingerprint density at radius 2 is 2.04 bits per heavy atom. The van der Waals surface area contributed by atoms with Crippen molar-refractivity contribution >= 4 is 17.5 Å². The van der Waals surface area contributed by atoms with Crippen LogP contribution in [0.2, 0.25) is 5.15 Å². The van der Waals surface area contributed by atoms with Crippen LogP contribution in [0.25, 0.3) is 0 Å². The van der Waals surface area contributed by atoms with E-state index in [-0.39, 0.29) is 5.91 Å². The van der Waals surface area contributed by atoms with Gasteiger partial charge in [0, 0.05) is 12.6 Å². The highest BCUT2D eigenvalue weighted by molar-refractivity contribution is 6.33. The van der Waals surface area contributed by atoms with E-state index in [4.69, 9.17) is 11.6 Å².